The number of halogens is 1. The summed E-state index contributed by atoms with van der Waals surface area (Å²) in [5.41, 5.74) is 3.45. The predicted octanol–water partition coefficient (Wildman–Crippen LogP) is 2.47. The van der Waals surface area contributed by atoms with Gasteiger partial charge in [-0.2, -0.15) is 5.10 Å². The van der Waals surface area contributed by atoms with Crippen LogP contribution < -0.4 is 5.43 Å². The average molecular weight is 287 g/mol. The van der Waals surface area contributed by atoms with E-state index < -0.39 is 5.91 Å². The Kier molecular flexibility index (Phi) is 4.97. The number of carbonyl (C=O) groups is 1. The number of carbonyl (C=O) groups excluding carboxylic acids is 1. The smallest absolute Gasteiger partial charge is 0.265 e. The van der Waals surface area contributed by atoms with E-state index in [1.165, 1.54) is 24.8 Å². The number of nitrogens with one attached hydrogen (secondary N) is 1. The third-order valence-electron chi connectivity index (χ3n) is 2.25. The van der Waals surface area contributed by atoms with Crippen LogP contribution in [-0.4, -0.2) is 22.1 Å². The van der Waals surface area contributed by atoms with E-state index in [2.05, 4.69) is 20.5 Å². The Labute approximate surface area is 121 Å². The van der Waals surface area contributed by atoms with E-state index >= 15 is 0 Å². The molecule has 100 valence electrons. The molecule has 2 aromatic rings. The first kappa shape index (κ1) is 13.9. The van der Waals surface area contributed by atoms with Crippen molar-refractivity contribution in [3.63, 3.8) is 0 Å². The molecular weight excluding hydrogens is 276 g/mol. The molecule has 1 N–H and O–H groups in total. The fourth-order valence-corrected chi connectivity index (χ4v) is 1.55. The lowest BCUT2D eigenvalue weighted by Crippen LogP contribution is -2.18. The summed E-state index contributed by atoms with van der Waals surface area (Å²) in [4.78, 5) is 19.2. The van der Waals surface area contributed by atoms with E-state index in [-0.39, 0.29) is 5.69 Å². The van der Waals surface area contributed by atoms with Gasteiger partial charge in [-0.25, -0.2) is 10.4 Å². The van der Waals surface area contributed by atoms with Gasteiger partial charge in [-0.3, -0.25) is 9.78 Å². The number of aromatic nitrogens is 2. The number of hydrogen-bond donors (Lipinski definition) is 1. The van der Waals surface area contributed by atoms with Gasteiger partial charge in [0.05, 0.1) is 17.4 Å². The normalized spacial score (nSPS) is 11.6. The molecular formula is C14H11ClN4O. The molecule has 0 saturated carbocycles. The van der Waals surface area contributed by atoms with Gasteiger partial charge in [-0.1, -0.05) is 41.9 Å². The van der Waals surface area contributed by atoms with Crippen molar-refractivity contribution in [2.75, 3.05) is 0 Å². The zero-order valence-electron chi connectivity index (χ0n) is 10.4. The van der Waals surface area contributed by atoms with Gasteiger partial charge in [0.1, 0.15) is 5.69 Å². The van der Waals surface area contributed by atoms with Crippen molar-refractivity contribution in [2.45, 2.75) is 0 Å². The van der Waals surface area contributed by atoms with Crippen LogP contribution in [0.4, 0.5) is 0 Å². The molecule has 2 rings (SSSR count). The first-order chi connectivity index (χ1) is 9.75. The van der Waals surface area contributed by atoms with Gasteiger partial charge in [-0.15, -0.1) is 0 Å². The van der Waals surface area contributed by atoms with E-state index in [1.54, 1.807) is 6.08 Å². The highest BCUT2D eigenvalue weighted by atomic mass is 35.5. The Balaban J connectivity index is 1.94. The monoisotopic (exact) mass is 286 g/mol. The number of nitrogens with zero attached hydrogens (tertiary/aromatic N) is 3. The number of hydrogen-bond acceptors (Lipinski definition) is 4. The Morgan fingerprint density at radius 3 is 2.75 bits per heavy atom. The van der Waals surface area contributed by atoms with Crippen LogP contribution in [0.5, 0.6) is 0 Å². The van der Waals surface area contributed by atoms with Crippen LogP contribution in [0, 0.1) is 0 Å². The largest absolute Gasteiger partial charge is 0.291 e. The molecule has 20 heavy (non-hydrogen) atoms. The van der Waals surface area contributed by atoms with Gasteiger partial charge >= 0.3 is 0 Å². The minimum Gasteiger partial charge on any atom is -0.265 e. The van der Waals surface area contributed by atoms with Crippen LogP contribution in [0.15, 0.2) is 59.1 Å². The Morgan fingerprint density at radius 1 is 1.25 bits per heavy atom. The van der Waals surface area contributed by atoms with Gasteiger partial charge in [0.25, 0.3) is 5.91 Å². The number of benzene rings is 1. The second-order valence-corrected chi connectivity index (χ2v) is 4.17. The van der Waals surface area contributed by atoms with Crippen molar-refractivity contribution in [1.29, 1.82) is 0 Å². The molecule has 0 fully saturated rings. The Hall–Kier alpha value is -2.53. The number of hydrazone groups is 1. The molecule has 0 radical (unpaired) electrons. The molecule has 5 nitrogen and oxygen atoms in total. The fraction of sp³-hybridized carbons (Fsp3) is 0. The van der Waals surface area contributed by atoms with E-state index in [9.17, 15) is 4.79 Å². The third-order valence-corrected chi connectivity index (χ3v) is 2.46. The highest BCUT2D eigenvalue weighted by Crippen LogP contribution is 2.07. The lowest BCUT2D eigenvalue weighted by molar-refractivity contribution is 0.0950. The minimum absolute atomic E-state index is 0.188. The van der Waals surface area contributed by atoms with Crippen molar-refractivity contribution in [3.8, 4) is 0 Å². The molecule has 1 heterocycles. The van der Waals surface area contributed by atoms with Gasteiger partial charge in [0.2, 0.25) is 0 Å². The van der Waals surface area contributed by atoms with Crippen LogP contribution in [0.1, 0.15) is 16.1 Å². The summed E-state index contributed by atoms with van der Waals surface area (Å²) >= 11 is 5.98. The zero-order chi connectivity index (χ0) is 14.2. The molecule has 0 spiro atoms. The molecule has 0 aliphatic carbocycles. The van der Waals surface area contributed by atoms with E-state index in [4.69, 9.17) is 11.6 Å². The average Bonchev–Trinajstić information content (AvgIpc) is 2.49. The molecule has 0 saturated heterocycles. The summed E-state index contributed by atoms with van der Waals surface area (Å²) in [6, 6.07) is 9.55. The van der Waals surface area contributed by atoms with Gasteiger partial charge < -0.3 is 0 Å². The van der Waals surface area contributed by atoms with E-state index in [0.29, 0.717) is 5.03 Å². The molecule has 0 atom stereocenters. The van der Waals surface area contributed by atoms with E-state index in [0.717, 1.165) is 5.56 Å². The highest BCUT2D eigenvalue weighted by molar-refractivity contribution is 6.41. The Bertz CT molecular complexity index is 626. The molecule has 0 aliphatic rings. The van der Waals surface area contributed by atoms with Crippen LogP contribution >= 0.6 is 11.6 Å². The molecule has 1 aromatic heterocycles. The summed E-state index contributed by atoms with van der Waals surface area (Å²) in [5.74, 6) is -0.446. The Morgan fingerprint density at radius 2 is 2.05 bits per heavy atom. The second kappa shape index (κ2) is 7.16. The topological polar surface area (TPSA) is 67.2 Å². The molecule has 0 unspecified atom stereocenters. The van der Waals surface area contributed by atoms with Gasteiger partial charge in [0, 0.05) is 12.4 Å². The predicted molar refractivity (Wildman–Crippen MR) is 78.3 cm³/mol. The van der Waals surface area contributed by atoms with Crippen LogP contribution in [0.2, 0.25) is 0 Å². The van der Waals surface area contributed by atoms with E-state index in [1.807, 2.05) is 30.3 Å². The maximum atomic E-state index is 11.6. The van der Waals surface area contributed by atoms with Crippen molar-refractivity contribution < 1.29 is 4.79 Å². The maximum absolute atomic E-state index is 11.6. The summed E-state index contributed by atoms with van der Waals surface area (Å²) < 4.78 is 0. The van der Waals surface area contributed by atoms with Crippen molar-refractivity contribution in [1.82, 2.24) is 15.4 Å². The fourth-order valence-electron chi connectivity index (χ4n) is 1.37. The second-order valence-electron chi connectivity index (χ2n) is 3.73. The highest BCUT2D eigenvalue weighted by Gasteiger charge is 2.04. The number of amides is 1. The molecule has 0 aliphatic heterocycles. The number of rotatable bonds is 4. The van der Waals surface area contributed by atoms with Crippen LogP contribution in [0.25, 0.3) is 6.08 Å². The van der Waals surface area contributed by atoms with Crippen LogP contribution in [0.3, 0.4) is 0 Å². The van der Waals surface area contributed by atoms with Gasteiger partial charge in [0.15, 0.2) is 0 Å². The molecule has 0 bridgehead atoms. The SMILES string of the molecule is O=C(N/N=C\C(Cl)=C/c1ccccc1)c1cnccn1. The maximum Gasteiger partial charge on any atom is 0.291 e. The molecule has 1 aromatic carbocycles. The molecule has 1 amide bonds. The van der Waals surface area contributed by atoms with Crippen molar-refractivity contribution >= 4 is 29.8 Å². The van der Waals surface area contributed by atoms with Crippen LogP contribution in [-0.2, 0) is 0 Å². The minimum atomic E-state index is -0.446. The lowest BCUT2D eigenvalue weighted by atomic mass is 10.2. The third kappa shape index (κ3) is 4.29. The first-order valence-electron chi connectivity index (χ1n) is 5.77. The van der Waals surface area contributed by atoms with Crippen molar-refractivity contribution in [3.05, 3.63) is 65.2 Å². The summed E-state index contributed by atoms with van der Waals surface area (Å²) in [6.45, 7) is 0. The summed E-state index contributed by atoms with van der Waals surface area (Å²) in [6.07, 6.45) is 7.36. The summed E-state index contributed by atoms with van der Waals surface area (Å²) in [5, 5.41) is 4.15. The summed E-state index contributed by atoms with van der Waals surface area (Å²) in [7, 11) is 0. The zero-order valence-corrected chi connectivity index (χ0v) is 11.2. The molecule has 6 heteroatoms. The lowest BCUT2D eigenvalue weighted by Gasteiger charge is -1.97. The quantitative estimate of drug-likeness (QED) is 0.693. The van der Waals surface area contributed by atoms with Gasteiger partial charge in [-0.05, 0) is 11.6 Å². The van der Waals surface area contributed by atoms with Crippen molar-refractivity contribution in [2.24, 2.45) is 5.10 Å². The standard InChI is InChI=1S/C14H11ClN4O/c15-12(8-11-4-2-1-3-5-11)9-18-19-14(20)13-10-16-6-7-17-13/h1-10H,(H,19,20)/b12-8+,18-9-. The number of allylic oxidation sites excluding steroid dienone is 1. The first-order valence-corrected chi connectivity index (χ1v) is 6.15.